The highest BCUT2D eigenvalue weighted by Gasteiger charge is 2.34. The van der Waals surface area contributed by atoms with Gasteiger partial charge in [0, 0.05) is 12.1 Å². The van der Waals surface area contributed by atoms with Crippen LogP contribution in [0.15, 0.2) is 18.2 Å². The average molecular weight is 273 g/mol. The molecule has 1 atom stereocenters. The molecule has 3 N–H and O–H groups in total. The monoisotopic (exact) mass is 273 g/mol. The van der Waals surface area contributed by atoms with Crippen LogP contribution in [0, 0.1) is 11.6 Å². The Morgan fingerprint density at radius 2 is 1.74 bits per heavy atom. The minimum atomic E-state index is -0.988. The van der Waals surface area contributed by atoms with Crippen LogP contribution in [0.3, 0.4) is 0 Å². The highest BCUT2D eigenvalue weighted by Crippen LogP contribution is 2.22. The lowest BCUT2D eigenvalue weighted by Crippen LogP contribution is -2.56. The van der Waals surface area contributed by atoms with Crippen LogP contribution in [0.4, 0.5) is 8.78 Å². The quantitative estimate of drug-likeness (QED) is 0.770. The van der Waals surface area contributed by atoms with Gasteiger partial charge in [-0.25, -0.2) is 8.78 Å². The van der Waals surface area contributed by atoms with Gasteiger partial charge in [0.05, 0.1) is 11.7 Å². The first kappa shape index (κ1) is 16.0. The van der Waals surface area contributed by atoms with E-state index >= 15 is 0 Å². The van der Waals surface area contributed by atoms with E-state index in [2.05, 4.69) is 5.32 Å². The minimum Gasteiger partial charge on any atom is -0.389 e. The molecular formula is C14H21F2NO2. The zero-order valence-corrected chi connectivity index (χ0v) is 11.7. The summed E-state index contributed by atoms with van der Waals surface area (Å²) in [4.78, 5) is 0. The molecule has 0 radical (unpaired) electrons. The first-order valence-electron chi connectivity index (χ1n) is 6.15. The van der Waals surface area contributed by atoms with Gasteiger partial charge in [-0.2, -0.15) is 0 Å². The summed E-state index contributed by atoms with van der Waals surface area (Å²) in [7, 11) is 0. The van der Waals surface area contributed by atoms with Gasteiger partial charge in [0.1, 0.15) is 0 Å². The van der Waals surface area contributed by atoms with E-state index in [4.69, 9.17) is 0 Å². The molecule has 0 heterocycles. The maximum atomic E-state index is 13.1. The Bertz CT molecular complexity index is 442. The molecule has 0 aliphatic carbocycles. The summed E-state index contributed by atoms with van der Waals surface area (Å²) >= 11 is 0. The largest absolute Gasteiger partial charge is 0.389 e. The number of β-amino-alcohol motifs (C(OH)–C–C–N with tert-alkyl or cyclic N) is 1. The van der Waals surface area contributed by atoms with E-state index in [1.807, 2.05) is 0 Å². The third kappa shape index (κ3) is 3.96. The topological polar surface area (TPSA) is 52.5 Å². The molecule has 0 fully saturated rings. The van der Waals surface area contributed by atoms with E-state index in [1.165, 1.54) is 6.07 Å². The Balaban J connectivity index is 2.70. The van der Waals surface area contributed by atoms with Crippen molar-refractivity contribution in [3.05, 3.63) is 35.4 Å². The van der Waals surface area contributed by atoms with E-state index in [0.717, 1.165) is 12.1 Å². The number of aliphatic hydroxyl groups is 2. The Morgan fingerprint density at radius 3 is 2.21 bits per heavy atom. The lowest BCUT2D eigenvalue weighted by molar-refractivity contribution is -0.00980. The normalized spacial score (nSPS) is 14.5. The molecule has 1 aromatic rings. The third-order valence-corrected chi connectivity index (χ3v) is 3.60. The highest BCUT2D eigenvalue weighted by atomic mass is 19.2. The van der Waals surface area contributed by atoms with E-state index in [0.29, 0.717) is 0 Å². The summed E-state index contributed by atoms with van der Waals surface area (Å²) in [5, 5.41) is 22.9. The fraction of sp³-hybridized carbons (Fsp3) is 0.571. The molecule has 1 rings (SSSR count). The Kier molecular flexibility index (Phi) is 4.66. The Hall–Kier alpha value is -1.04. The van der Waals surface area contributed by atoms with Crippen LogP contribution >= 0.6 is 0 Å². The second kappa shape index (κ2) is 5.53. The van der Waals surface area contributed by atoms with Crippen molar-refractivity contribution in [1.29, 1.82) is 0 Å². The van der Waals surface area contributed by atoms with Gasteiger partial charge in [0.25, 0.3) is 0 Å². The maximum absolute atomic E-state index is 13.1. The molecule has 0 aromatic heterocycles. The molecule has 3 nitrogen and oxygen atoms in total. The van der Waals surface area contributed by atoms with Gasteiger partial charge in [-0.1, -0.05) is 6.07 Å². The van der Waals surface area contributed by atoms with Gasteiger partial charge in [0.2, 0.25) is 0 Å². The summed E-state index contributed by atoms with van der Waals surface area (Å²) in [5.74, 6) is -1.93. The number of benzene rings is 1. The zero-order valence-electron chi connectivity index (χ0n) is 11.7. The minimum absolute atomic E-state index is 0.127. The lowest BCUT2D eigenvalue weighted by Gasteiger charge is -2.38. The van der Waals surface area contributed by atoms with E-state index < -0.39 is 28.9 Å². The fourth-order valence-electron chi connectivity index (χ4n) is 1.41. The Morgan fingerprint density at radius 1 is 1.16 bits per heavy atom. The summed E-state index contributed by atoms with van der Waals surface area (Å²) in [6.45, 7) is 7.03. The van der Waals surface area contributed by atoms with Crippen LogP contribution in [-0.2, 0) is 0 Å². The molecular weight excluding hydrogens is 252 g/mol. The summed E-state index contributed by atoms with van der Waals surface area (Å²) < 4.78 is 25.8. The Labute approximate surface area is 112 Å². The van der Waals surface area contributed by atoms with Gasteiger partial charge in [-0.3, -0.25) is 0 Å². The van der Waals surface area contributed by atoms with Gasteiger partial charge in [0.15, 0.2) is 11.6 Å². The van der Waals surface area contributed by atoms with Crippen LogP contribution in [-0.4, -0.2) is 27.9 Å². The number of hydrogen-bond donors (Lipinski definition) is 3. The molecule has 0 aliphatic heterocycles. The zero-order chi connectivity index (χ0) is 14.8. The molecule has 108 valence electrons. The molecule has 0 amide bonds. The summed E-state index contributed by atoms with van der Waals surface area (Å²) in [6, 6.07) is 3.29. The number of rotatable bonds is 5. The van der Waals surface area contributed by atoms with Gasteiger partial charge in [-0.05, 0) is 45.4 Å². The van der Waals surface area contributed by atoms with Crippen molar-refractivity contribution >= 4 is 0 Å². The lowest BCUT2D eigenvalue weighted by atomic mass is 9.86. The van der Waals surface area contributed by atoms with Gasteiger partial charge < -0.3 is 15.5 Å². The third-order valence-electron chi connectivity index (χ3n) is 3.60. The molecule has 0 aliphatic rings. The van der Waals surface area contributed by atoms with Crippen molar-refractivity contribution in [3.63, 3.8) is 0 Å². The molecule has 5 heteroatoms. The second-order valence-electron chi connectivity index (χ2n) is 5.75. The highest BCUT2D eigenvalue weighted by molar-refractivity contribution is 5.20. The van der Waals surface area contributed by atoms with Crippen LogP contribution in [0.25, 0.3) is 0 Å². The van der Waals surface area contributed by atoms with Crippen molar-refractivity contribution in [2.24, 2.45) is 0 Å². The summed E-state index contributed by atoms with van der Waals surface area (Å²) in [5.41, 5.74) is -1.33. The molecule has 1 unspecified atom stereocenters. The molecule has 0 bridgehead atoms. The first-order chi connectivity index (χ1) is 8.54. The fourth-order valence-corrected chi connectivity index (χ4v) is 1.41. The first-order valence-corrected chi connectivity index (χ1v) is 6.15. The number of nitrogens with one attached hydrogen (secondary N) is 1. The van der Waals surface area contributed by atoms with Crippen molar-refractivity contribution in [2.75, 3.05) is 6.54 Å². The standard InChI is InChI=1S/C14H21F2NO2/c1-13(2,14(3,4)19)17-8-12(18)9-5-6-10(15)11(16)7-9/h5-7,12,17-19H,8H2,1-4H3. The molecule has 0 saturated heterocycles. The average Bonchev–Trinajstić information content (AvgIpc) is 2.28. The molecule has 0 saturated carbocycles. The predicted molar refractivity (Wildman–Crippen MR) is 69.7 cm³/mol. The van der Waals surface area contributed by atoms with Crippen molar-refractivity contribution in [1.82, 2.24) is 5.32 Å². The maximum Gasteiger partial charge on any atom is 0.159 e. The summed E-state index contributed by atoms with van der Waals surface area (Å²) in [6.07, 6.45) is -0.975. The number of hydrogen-bond acceptors (Lipinski definition) is 3. The van der Waals surface area contributed by atoms with E-state index in [9.17, 15) is 19.0 Å². The van der Waals surface area contributed by atoms with Crippen molar-refractivity contribution in [2.45, 2.75) is 44.9 Å². The van der Waals surface area contributed by atoms with Crippen LogP contribution in [0.1, 0.15) is 39.4 Å². The van der Waals surface area contributed by atoms with Gasteiger partial charge >= 0.3 is 0 Å². The molecule has 0 spiro atoms. The predicted octanol–water partition coefficient (Wildman–Crippen LogP) is 2.14. The van der Waals surface area contributed by atoms with E-state index in [-0.39, 0.29) is 12.1 Å². The smallest absolute Gasteiger partial charge is 0.159 e. The number of aliphatic hydroxyl groups excluding tert-OH is 1. The number of halogens is 2. The van der Waals surface area contributed by atoms with Crippen LogP contribution < -0.4 is 5.32 Å². The van der Waals surface area contributed by atoms with E-state index in [1.54, 1.807) is 27.7 Å². The second-order valence-corrected chi connectivity index (χ2v) is 5.75. The van der Waals surface area contributed by atoms with Crippen LogP contribution in [0.2, 0.25) is 0 Å². The van der Waals surface area contributed by atoms with Crippen molar-refractivity contribution < 1.29 is 19.0 Å². The SMILES string of the molecule is CC(C)(O)C(C)(C)NCC(O)c1ccc(F)c(F)c1. The molecule has 1 aromatic carbocycles. The molecule has 19 heavy (non-hydrogen) atoms. The van der Waals surface area contributed by atoms with Gasteiger partial charge in [-0.15, -0.1) is 0 Å². The van der Waals surface area contributed by atoms with Crippen LogP contribution in [0.5, 0.6) is 0 Å². The van der Waals surface area contributed by atoms with Crippen molar-refractivity contribution in [3.8, 4) is 0 Å².